The summed E-state index contributed by atoms with van der Waals surface area (Å²) >= 11 is 0. The van der Waals surface area contributed by atoms with Crippen LogP contribution in [-0.2, 0) is 38.1 Å². The lowest BCUT2D eigenvalue weighted by Crippen LogP contribution is -2.56. The predicted octanol–water partition coefficient (Wildman–Crippen LogP) is 4.91. The first-order chi connectivity index (χ1) is 15.9. The molecule has 0 heterocycles. The summed E-state index contributed by atoms with van der Waals surface area (Å²) in [5, 5.41) is 0. The Balaban J connectivity index is 5.81. The Morgan fingerprint density at radius 3 is 0.818 bits per heavy atom. The molecule has 0 aliphatic carbocycles. The number of ether oxygens (including phenoxy) is 4. The monoisotopic (exact) mass is 472 g/mol. The fourth-order valence-corrected chi connectivity index (χ4v) is 3.00. The molecule has 0 aromatic heterocycles. The summed E-state index contributed by atoms with van der Waals surface area (Å²) in [6, 6.07) is 0. The van der Waals surface area contributed by atoms with Gasteiger partial charge in [0.25, 0.3) is 0 Å². The molecule has 0 unspecified atom stereocenters. The molecule has 0 radical (unpaired) electrons. The van der Waals surface area contributed by atoms with Crippen LogP contribution in [0.15, 0.2) is 0 Å². The number of carbonyl (C=O) groups excluding carboxylic acids is 4. The van der Waals surface area contributed by atoms with Crippen LogP contribution < -0.4 is 0 Å². The zero-order chi connectivity index (χ0) is 25.0. The smallest absolute Gasteiger partial charge is 0.355 e. The first kappa shape index (κ1) is 30.9. The van der Waals surface area contributed by atoms with Crippen molar-refractivity contribution in [2.75, 3.05) is 26.4 Å². The summed E-state index contributed by atoms with van der Waals surface area (Å²) in [5.74, 6) is -5.17. The number of esters is 4. The highest BCUT2D eigenvalue weighted by molar-refractivity contribution is 6.32. The standard InChI is InChI=1S/C25H44O8/c1-5-9-13-17-30-21(26)25(22(27)31-18-14-10-6-2,23(28)32-19-15-11-7-3)24(29)33-20-16-12-8-4/h5-20H2,1-4H3. The summed E-state index contributed by atoms with van der Waals surface area (Å²) < 4.78 is 20.9. The minimum Gasteiger partial charge on any atom is -0.464 e. The molecule has 0 rings (SSSR count). The van der Waals surface area contributed by atoms with E-state index in [2.05, 4.69) is 0 Å². The van der Waals surface area contributed by atoms with E-state index in [-0.39, 0.29) is 26.4 Å². The van der Waals surface area contributed by atoms with Gasteiger partial charge in [-0.3, -0.25) is 0 Å². The van der Waals surface area contributed by atoms with Gasteiger partial charge in [0.15, 0.2) is 0 Å². The number of carbonyl (C=O) groups is 4. The van der Waals surface area contributed by atoms with Crippen molar-refractivity contribution in [3.8, 4) is 0 Å². The molecule has 0 spiro atoms. The average Bonchev–Trinajstić information content (AvgIpc) is 2.80. The third-order valence-corrected chi connectivity index (χ3v) is 5.15. The van der Waals surface area contributed by atoms with Gasteiger partial charge in [-0.05, 0) is 25.7 Å². The molecule has 0 aliphatic heterocycles. The Morgan fingerprint density at radius 1 is 0.424 bits per heavy atom. The Bertz CT molecular complexity index is 471. The highest BCUT2D eigenvalue weighted by atomic mass is 16.6. The molecule has 0 N–H and O–H groups in total. The number of rotatable bonds is 20. The third-order valence-electron chi connectivity index (χ3n) is 5.15. The molecule has 0 aromatic carbocycles. The Hall–Kier alpha value is -2.12. The Morgan fingerprint density at radius 2 is 0.636 bits per heavy atom. The van der Waals surface area contributed by atoms with Crippen LogP contribution in [0, 0.1) is 5.41 Å². The van der Waals surface area contributed by atoms with Crippen molar-refractivity contribution in [1.29, 1.82) is 0 Å². The molecule has 0 fully saturated rings. The van der Waals surface area contributed by atoms with Crippen molar-refractivity contribution >= 4 is 23.9 Å². The van der Waals surface area contributed by atoms with Crippen molar-refractivity contribution < 1.29 is 38.1 Å². The first-order valence-corrected chi connectivity index (χ1v) is 12.6. The minimum absolute atomic E-state index is 0.0240. The van der Waals surface area contributed by atoms with Gasteiger partial charge in [0.2, 0.25) is 0 Å². The van der Waals surface area contributed by atoms with E-state index in [1.165, 1.54) is 0 Å². The molecule has 0 atom stereocenters. The molecule has 0 bridgehead atoms. The van der Waals surface area contributed by atoms with Crippen molar-refractivity contribution in [2.24, 2.45) is 5.41 Å². The van der Waals surface area contributed by atoms with Crippen LogP contribution >= 0.6 is 0 Å². The molecular weight excluding hydrogens is 428 g/mol. The zero-order valence-electron chi connectivity index (χ0n) is 21.1. The molecule has 33 heavy (non-hydrogen) atoms. The maximum absolute atomic E-state index is 13.1. The van der Waals surface area contributed by atoms with Crippen LogP contribution in [0.3, 0.4) is 0 Å². The van der Waals surface area contributed by atoms with E-state index in [0.717, 1.165) is 51.4 Å². The van der Waals surface area contributed by atoms with Crippen LogP contribution in [0.1, 0.15) is 105 Å². The van der Waals surface area contributed by atoms with Gasteiger partial charge in [-0.2, -0.15) is 0 Å². The maximum atomic E-state index is 13.1. The van der Waals surface area contributed by atoms with Crippen LogP contribution in [-0.4, -0.2) is 50.3 Å². The maximum Gasteiger partial charge on any atom is 0.355 e. The molecule has 8 nitrogen and oxygen atoms in total. The van der Waals surface area contributed by atoms with E-state index < -0.39 is 29.3 Å². The second-order valence-electron chi connectivity index (χ2n) is 8.12. The Kier molecular flexibility index (Phi) is 18.1. The van der Waals surface area contributed by atoms with Crippen LogP contribution in [0.25, 0.3) is 0 Å². The summed E-state index contributed by atoms with van der Waals surface area (Å²) in [6.45, 7) is 7.85. The molecule has 0 saturated carbocycles. The van der Waals surface area contributed by atoms with Gasteiger partial charge < -0.3 is 18.9 Å². The summed E-state index contributed by atoms with van der Waals surface area (Å²) in [7, 11) is 0. The van der Waals surface area contributed by atoms with E-state index in [0.29, 0.717) is 25.7 Å². The van der Waals surface area contributed by atoms with Crippen molar-refractivity contribution in [1.82, 2.24) is 0 Å². The fraction of sp³-hybridized carbons (Fsp3) is 0.840. The highest BCUT2D eigenvalue weighted by Gasteiger charge is 2.65. The number of hydrogen-bond acceptors (Lipinski definition) is 8. The van der Waals surface area contributed by atoms with E-state index in [1.54, 1.807) is 0 Å². The van der Waals surface area contributed by atoms with Gasteiger partial charge in [-0.15, -0.1) is 0 Å². The fourth-order valence-electron chi connectivity index (χ4n) is 3.00. The SMILES string of the molecule is CCCCCOC(=O)C(C(=O)OCCCCC)(C(=O)OCCCCC)C(=O)OCCCCC. The van der Waals surface area contributed by atoms with Gasteiger partial charge in [-0.25, -0.2) is 19.2 Å². The number of hydrogen-bond donors (Lipinski definition) is 0. The van der Waals surface area contributed by atoms with Crippen LogP contribution in [0.4, 0.5) is 0 Å². The zero-order valence-corrected chi connectivity index (χ0v) is 21.1. The van der Waals surface area contributed by atoms with Crippen molar-refractivity contribution in [2.45, 2.75) is 105 Å². The molecule has 8 heteroatoms. The largest absolute Gasteiger partial charge is 0.464 e. The van der Waals surface area contributed by atoms with Gasteiger partial charge in [0, 0.05) is 0 Å². The van der Waals surface area contributed by atoms with E-state index >= 15 is 0 Å². The lowest BCUT2D eigenvalue weighted by molar-refractivity contribution is -0.193. The molecule has 0 aliphatic rings. The topological polar surface area (TPSA) is 105 Å². The molecule has 0 amide bonds. The lowest BCUT2D eigenvalue weighted by Gasteiger charge is -2.26. The molecular formula is C25H44O8. The molecule has 0 aromatic rings. The van der Waals surface area contributed by atoms with Crippen LogP contribution in [0.2, 0.25) is 0 Å². The van der Waals surface area contributed by atoms with Gasteiger partial charge in [-0.1, -0.05) is 79.1 Å². The second kappa shape index (κ2) is 19.4. The second-order valence-corrected chi connectivity index (χ2v) is 8.12. The summed E-state index contributed by atoms with van der Waals surface area (Å²) in [4.78, 5) is 52.4. The quantitative estimate of drug-likeness (QED) is 0.107. The minimum atomic E-state index is -2.92. The lowest BCUT2D eigenvalue weighted by atomic mass is 9.88. The van der Waals surface area contributed by atoms with Gasteiger partial charge in [0.1, 0.15) is 0 Å². The summed E-state index contributed by atoms with van der Waals surface area (Å²) in [5.41, 5.74) is -2.92. The van der Waals surface area contributed by atoms with Crippen LogP contribution in [0.5, 0.6) is 0 Å². The van der Waals surface area contributed by atoms with Crippen molar-refractivity contribution in [3.05, 3.63) is 0 Å². The first-order valence-electron chi connectivity index (χ1n) is 12.6. The highest BCUT2D eigenvalue weighted by Crippen LogP contribution is 2.28. The van der Waals surface area contributed by atoms with Gasteiger partial charge in [0.05, 0.1) is 26.4 Å². The Labute approximate surface area is 199 Å². The van der Waals surface area contributed by atoms with Gasteiger partial charge >= 0.3 is 29.3 Å². The average molecular weight is 473 g/mol. The van der Waals surface area contributed by atoms with E-state index in [9.17, 15) is 19.2 Å². The molecule has 0 saturated heterocycles. The van der Waals surface area contributed by atoms with Crippen molar-refractivity contribution in [3.63, 3.8) is 0 Å². The normalized spacial score (nSPS) is 11.0. The summed E-state index contributed by atoms with van der Waals surface area (Å²) in [6.07, 6.45) is 8.92. The predicted molar refractivity (Wildman–Crippen MR) is 124 cm³/mol. The van der Waals surface area contributed by atoms with E-state index in [1.807, 2.05) is 27.7 Å². The third kappa shape index (κ3) is 11.0. The van der Waals surface area contributed by atoms with E-state index in [4.69, 9.17) is 18.9 Å². The number of unbranched alkanes of at least 4 members (excludes halogenated alkanes) is 8. The molecule has 192 valence electrons.